The summed E-state index contributed by atoms with van der Waals surface area (Å²) in [6.45, 7) is 12.7. The van der Waals surface area contributed by atoms with Crippen molar-refractivity contribution in [3.05, 3.63) is 83.8 Å². The van der Waals surface area contributed by atoms with Crippen LogP contribution in [-0.2, 0) is 0 Å². The second-order valence-electron chi connectivity index (χ2n) is 7.48. The summed E-state index contributed by atoms with van der Waals surface area (Å²) in [5, 5.41) is 0. The summed E-state index contributed by atoms with van der Waals surface area (Å²) < 4.78 is 13.5. The molecule has 0 unspecified atom stereocenters. The molecule has 0 aliphatic heterocycles. The lowest BCUT2D eigenvalue weighted by atomic mass is 9.91. The number of hydrogen-bond acceptors (Lipinski definition) is 1. The van der Waals surface area contributed by atoms with Gasteiger partial charge in [-0.3, -0.25) is 4.98 Å². The summed E-state index contributed by atoms with van der Waals surface area (Å²) in [4.78, 5) is 5.00. The summed E-state index contributed by atoms with van der Waals surface area (Å²) in [5.74, 6) is 0.499. The zero-order valence-electron chi connectivity index (χ0n) is 18.4. The van der Waals surface area contributed by atoms with Crippen molar-refractivity contribution in [3.63, 3.8) is 0 Å². The molecule has 0 amide bonds. The SMILES string of the molecule is CC.CC(C)/C=C/c1c(-c2ccc(F)cc2)cc(-c2ccccc2)nc1C(C)C. The first kappa shape index (κ1) is 22.5. The molecule has 152 valence electrons. The predicted molar refractivity (Wildman–Crippen MR) is 124 cm³/mol. The first-order valence-corrected chi connectivity index (χ1v) is 10.5. The van der Waals surface area contributed by atoms with Crippen LogP contribution in [0, 0.1) is 11.7 Å². The number of benzene rings is 2. The lowest BCUT2D eigenvalue weighted by Crippen LogP contribution is -2.02. The molecule has 0 aliphatic rings. The molecule has 3 aromatic rings. The highest BCUT2D eigenvalue weighted by Crippen LogP contribution is 2.34. The molecule has 1 heterocycles. The minimum Gasteiger partial charge on any atom is -0.252 e. The monoisotopic (exact) mass is 389 g/mol. The highest BCUT2D eigenvalue weighted by atomic mass is 19.1. The maximum Gasteiger partial charge on any atom is 0.123 e. The van der Waals surface area contributed by atoms with Crippen molar-refractivity contribution < 1.29 is 4.39 Å². The van der Waals surface area contributed by atoms with Gasteiger partial charge in [-0.25, -0.2) is 4.39 Å². The molecule has 0 radical (unpaired) electrons. The zero-order chi connectivity index (χ0) is 21.4. The van der Waals surface area contributed by atoms with Crippen LogP contribution in [0.3, 0.4) is 0 Å². The Labute approximate surface area is 175 Å². The van der Waals surface area contributed by atoms with Gasteiger partial charge in [0, 0.05) is 11.1 Å². The minimum atomic E-state index is -0.223. The Morgan fingerprint density at radius 2 is 1.45 bits per heavy atom. The fraction of sp³-hybridized carbons (Fsp3) is 0.296. The molecule has 29 heavy (non-hydrogen) atoms. The summed E-state index contributed by atoms with van der Waals surface area (Å²) in [7, 11) is 0. The van der Waals surface area contributed by atoms with Crippen molar-refractivity contribution in [3.8, 4) is 22.4 Å². The standard InChI is InChI=1S/C25H26FN.C2H6/c1-17(2)10-15-22-23(19-11-13-21(26)14-12-19)16-24(27-25(22)18(3)4)20-8-6-5-7-9-20;1-2/h5-18H,1-4H3;1-2H3/b15-10+;. The highest BCUT2D eigenvalue weighted by molar-refractivity contribution is 5.80. The maximum absolute atomic E-state index is 13.5. The van der Waals surface area contributed by atoms with Crippen LogP contribution in [0.2, 0.25) is 0 Å². The molecule has 1 nitrogen and oxygen atoms in total. The van der Waals surface area contributed by atoms with E-state index in [9.17, 15) is 4.39 Å². The van der Waals surface area contributed by atoms with Crippen molar-refractivity contribution in [1.82, 2.24) is 4.98 Å². The van der Waals surface area contributed by atoms with E-state index in [1.807, 2.05) is 44.2 Å². The van der Waals surface area contributed by atoms with Crippen molar-refractivity contribution in [2.45, 2.75) is 47.5 Å². The van der Waals surface area contributed by atoms with Crippen LogP contribution in [0.1, 0.15) is 58.7 Å². The molecule has 0 spiro atoms. The molecule has 0 saturated carbocycles. The summed E-state index contributed by atoms with van der Waals surface area (Å²) in [6, 6.07) is 19.0. The number of rotatable bonds is 5. The van der Waals surface area contributed by atoms with E-state index < -0.39 is 0 Å². The number of halogens is 1. The Kier molecular flexibility index (Phi) is 8.33. The first-order chi connectivity index (χ1) is 14.0. The largest absolute Gasteiger partial charge is 0.252 e. The van der Waals surface area contributed by atoms with Gasteiger partial charge >= 0.3 is 0 Å². The van der Waals surface area contributed by atoms with E-state index in [2.05, 4.69) is 58.0 Å². The van der Waals surface area contributed by atoms with Gasteiger partial charge in [0.2, 0.25) is 0 Å². The number of nitrogens with zero attached hydrogens (tertiary/aromatic N) is 1. The average Bonchev–Trinajstić information content (AvgIpc) is 2.74. The van der Waals surface area contributed by atoms with Crippen LogP contribution in [0.25, 0.3) is 28.5 Å². The second-order valence-corrected chi connectivity index (χ2v) is 7.48. The van der Waals surface area contributed by atoms with Gasteiger partial charge < -0.3 is 0 Å². The molecule has 0 bridgehead atoms. The molecule has 0 atom stereocenters. The van der Waals surface area contributed by atoms with Crippen molar-refractivity contribution >= 4 is 6.08 Å². The Morgan fingerprint density at radius 3 is 2.00 bits per heavy atom. The van der Waals surface area contributed by atoms with E-state index in [1.54, 1.807) is 0 Å². The average molecular weight is 390 g/mol. The summed E-state index contributed by atoms with van der Waals surface area (Å²) >= 11 is 0. The van der Waals surface area contributed by atoms with Gasteiger partial charge in [0.1, 0.15) is 5.82 Å². The fourth-order valence-corrected chi connectivity index (χ4v) is 3.10. The fourth-order valence-electron chi connectivity index (χ4n) is 3.10. The molecular formula is C27H32FN. The molecule has 1 aromatic heterocycles. The minimum absolute atomic E-state index is 0.223. The third-order valence-electron chi connectivity index (χ3n) is 4.51. The van der Waals surface area contributed by atoms with Gasteiger partial charge in [-0.15, -0.1) is 0 Å². The highest BCUT2D eigenvalue weighted by Gasteiger charge is 2.16. The first-order valence-electron chi connectivity index (χ1n) is 10.5. The Hall–Kier alpha value is -2.74. The Bertz CT molecular complexity index is 923. The van der Waals surface area contributed by atoms with Gasteiger partial charge in [0.15, 0.2) is 0 Å². The number of allylic oxidation sites excluding steroid dienone is 1. The molecule has 0 saturated heterocycles. The van der Waals surface area contributed by atoms with E-state index in [0.29, 0.717) is 5.92 Å². The van der Waals surface area contributed by atoms with E-state index >= 15 is 0 Å². The van der Waals surface area contributed by atoms with Crippen molar-refractivity contribution in [1.29, 1.82) is 0 Å². The van der Waals surface area contributed by atoms with Crippen molar-refractivity contribution in [2.75, 3.05) is 0 Å². The van der Waals surface area contributed by atoms with Gasteiger partial charge in [0.25, 0.3) is 0 Å². The molecule has 0 N–H and O–H groups in total. The van der Waals surface area contributed by atoms with E-state index in [-0.39, 0.29) is 11.7 Å². The molecule has 0 aliphatic carbocycles. The van der Waals surface area contributed by atoms with Crippen LogP contribution in [0.15, 0.2) is 66.7 Å². The van der Waals surface area contributed by atoms with Crippen LogP contribution < -0.4 is 0 Å². The topological polar surface area (TPSA) is 12.9 Å². The number of aromatic nitrogens is 1. The summed E-state index contributed by atoms with van der Waals surface area (Å²) in [5.41, 5.74) is 6.30. The van der Waals surface area contributed by atoms with Gasteiger partial charge in [-0.05, 0) is 41.2 Å². The summed E-state index contributed by atoms with van der Waals surface area (Å²) in [6.07, 6.45) is 4.36. The predicted octanol–water partition coefficient (Wildman–Crippen LogP) is 8.37. The lowest BCUT2D eigenvalue weighted by Gasteiger charge is -2.17. The third kappa shape index (κ3) is 5.87. The third-order valence-corrected chi connectivity index (χ3v) is 4.51. The molecule has 2 aromatic carbocycles. The number of pyridine rings is 1. The smallest absolute Gasteiger partial charge is 0.123 e. The van der Waals surface area contributed by atoms with Gasteiger partial charge in [-0.1, -0.05) is 96.2 Å². The Balaban J connectivity index is 0.00000145. The van der Waals surface area contributed by atoms with Crippen molar-refractivity contribution in [2.24, 2.45) is 5.92 Å². The van der Waals surface area contributed by atoms with Crippen LogP contribution >= 0.6 is 0 Å². The van der Waals surface area contributed by atoms with E-state index in [0.717, 1.165) is 33.6 Å². The quantitative estimate of drug-likeness (QED) is 0.427. The van der Waals surface area contributed by atoms with E-state index in [4.69, 9.17) is 4.98 Å². The van der Waals surface area contributed by atoms with Gasteiger partial charge in [0.05, 0.1) is 11.4 Å². The van der Waals surface area contributed by atoms with Gasteiger partial charge in [-0.2, -0.15) is 0 Å². The molecule has 0 fully saturated rings. The molecular weight excluding hydrogens is 357 g/mol. The zero-order valence-corrected chi connectivity index (χ0v) is 18.4. The number of hydrogen-bond donors (Lipinski definition) is 0. The lowest BCUT2D eigenvalue weighted by molar-refractivity contribution is 0.628. The van der Waals surface area contributed by atoms with Crippen LogP contribution in [0.4, 0.5) is 4.39 Å². The van der Waals surface area contributed by atoms with E-state index in [1.165, 1.54) is 12.1 Å². The second kappa shape index (κ2) is 10.7. The normalized spacial score (nSPS) is 11.1. The maximum atomic E-state index is 13.5. The molecule has 3 rings (SSSR count). The van der Waals surface area contributed by atoms with Crippen LogP contribution in [-0.4, -0.2) is 4.98 Å². The van der Waals surface area contributed by atoms with Crippen LogP contribution in [0.5, 0.6) is 0 Å². The Morgan fingerprint density at radius 1 is 0.828 bits per heavy atom. The molecule has 2 heteroatoms.